The summed E-state index contributed by atoms with van der Waals surface area (Å²) in [5.74, 6) is 0.704. The number of rotatable bonds is 5. The van der Waals surface area contributed by atoms with Crippen molar-refractivity contribution >= 4 is 28.5 Å². The fraction of sp³-hybridized carbons (Fsp3) is 0.292. The first-order chi connectivity index (χ1) is 15.6. The van der Waals surface area contributed by atoms with Gasteiger partial charge in [-0.2, -0.15) is 4.98 Å². The van der Waals surface area contributed by atoms with Crippen LogP contribution in [0.4, 0.5) is 0 Å². The number of fused-ring (bicyclic) bond motifs is 1. The highest BCUT2D eigenvalue weighted by molar-refractivity contribution is 6.30. The first-order valence-corrected chi connectivity index (χ1v) is 11.1. The van der Waals surface area contributed by atoms with E-state index < -0.39 is 0 Å². The minimum atomic E-state index is -0.308. The van der Waals surface area contributed by atoms with Crippen LogP contribution < -0.4 is 0 Å². The van der Waals surface area contributed by atoms with Gasteiger partial charge in [0.1, 0.15) is 17.8 Å². The molecule has 0 atom stereocenters. The van der Waals surface area contributed by atoms with E-state index in [4.69, 9.17) is 21.0 Å². The van der Waals surface area contributed by atoms with E-state index in [9.17, 15) is 9.90 Å². The van der Waals surface area contributed by atoms with E-state index in [1.807, 2.05) is 58.0 Å². The number of likely N-dealkylation sites (tertiary alicyclic amines) is 1. The molecule has 4 aromatic rings. The van der Waals surface area contributed by atoms with Gasteiger partial charge in [-0.25, -0.2) is 4.98 Å². The van der Waals surface area contributed by atoms with Gasteiger partial charge >= 0.3 is 6.01 Å². The molecule has 0 aliphatic carbocycles. The number of imidazole rings is 1. The third-order valence-electron chi connectivity index (χ3n) is 5.85. The molecule has 0 unspecified atom stereocenters. The monoisotopic (exact) mass is 450 g/mol. The molecule has 7 nitrogen and oxygen atoms in total. The van der Waals surface area contributed by atoms with Gasteiger partial charge in [-0.15, -0.1) is 0 Å². The summed E-state index contributed by atoms with van der Waals surface area (Å²) in [6.45, 7) is 1.18. The zero-order valence-electron chi connectivity index (χ0n) is 17.4. The van der Waals surface area contributed by atoms with E-state index >= 15 is 0 Å². The first-order valence-electron chi connectivity index (χ1n) is 10.7. The summed E-state index contributed by atoms with van der Waals surface area (Å²) < 4.78 is 7.99. The lowest BCUT2D eigenvalue weighted by molar-refractivity contribution is -0.133. The van der Waals surface area contributed by atoms with Gasteiger partial charge in [-0.05, 0) is 37.1 Å². The van der Waals surface area contributed by atoms with Crippen molar-refractivity contribution in [2.24, 2.45) is 0 Å². The summed E-state index contributed by atoms with van der Waals surface area (Å²) in [6.07, 6.45) is 3.38. The van der Waals surface area contributed by atoms with Crippen molar-refractivity contribution in [3.8, 4) is 17.3 Å². The number of para-hydroxylation sites is 2. The maximum atomic E-state index is 12.7. The standard InChI is InChI=1S/C24H23ClN4O3/c25-17-7-5-16(6-8-17)23-21(9-10-22(31)28-13-11-18(30)12-14-28)32-24(27-23)29-15-26-19-3-1-2-4-20(19)29/h1-8,15,18,30H,9-14H2. The lowest BCUT2D eigenvalue weighted by atomic mass is 10.1. The Labute approximate surface area is 190 Å². The average Bonchev–Trinajstić information content (AvgIpc) is 3.43. The number of carbonyl (C=O) groups is 1. The minimum absolute atomic E-state index is 0.0602. The summed E-state index contributed by atoms with van der Waals surface area (Å²) >= 11 is 6.07. The summed E-state index contributed by atoms with van der Waals surface area (Å²) in [5, 5.41) is 10.3. The van der Waals surface area contributed by atoms with E-state index in [1.165, 1.54) is 0 Å². The summed E-state index contributed by atoms with van der Waals surface area (Å²) in [5.41, 5.74) is 3.31. The number of hydrogen-bond acceptors (Lipinski definition) is 5. The molecule has 1 aliphatic rings. The van der Waals surface area contributed by atoms with Crippen LogP contribution >= 0.6 is 11.6 Å². The Hall–Kier alpha value is -3.16. The Balaban J connectivity index is 1.45. The molecule has 1 fully saturated rings. The predicted octanol–water partition coefficient (Wildman–Crippen LogP) is 4.25. The second-order valence-electron chi connectivity index (χ2n) is 7.99. The van der Waals surface area contributed by atoms with E-state index in [0.717, 1.165) is 16.6 Å². The predicted molar refractivity (Wildman–Crippen MR) is 122 cm³/mol. The van der Waals surface area contributed by atoms with Crippen molar-refractivity contribution in [1.29, 1.82) is 0 Å². The van der Waals surface area contributed by atoms with Crippen LogP contribution in [0.25, 0.3) is 28.3 Å². The maximum Gasteiger partial charge on any atom is 0.308 e. The normalized spacial score (nSPS) is 14.9. The van der Waals surface area contributed by atoms with Crippen molar-refractivity contribution in [1.82, 2.24) is 19.4 Å². The van der Waals surface area contributed by atoms with Crippen molar-refractivity contribution in [2.75, 3.05) is 13.1 Å². The number of halogens is 1. The molecule has 5 rings (SSSR count). The van der Waals surface area contributed by atoms with Crippen LogP contribution in [0, 0.1) is 0 Å². The van der Waals surface area contributed by atoms with Gasteiger partial charge in [0.25, 0.3) is 0 Å². The number of aliphatic hydroxyl groups excluding tert-OH is 1. The smallest absolute Gasteiger partial charge is 0.308 e. The van der Waals surface area contributed by atoms with Crippen molar-refractivity contribution < 1.29 is 14.3 Å². The maximum absolute atomic E-state index is 12.7. The second kappa shape index (κ2) is 8.76. The van der Waals surface area contributed by atoms with Gasteiger partial charge in [-0.1, -0.05) is 35.9 Å². The lowest BCUT2D eigenvalue weighted by Gasteiger charge is -2.29. The molecular weight excluding hydrogens is 428 g/mol. The van der Waals surface area contributed by atoms with E-state index in [1.54, 1.807) is 6.33 Å². The van der Waals surface area contributed by atoms with Crippen LogP contribution in [0.2, 0.25) is 5.02 Å². The van der Waals surface area contributed by atoms with Crippen LogP contribution in [-0.4, -0.2) is 49.6 Å². The highest BCUT2D eigenvalue weighted by atomic mass is 35.5. The molecule has 164 valence electrons. The fourth-order valence-corrected chi connectivity index (χ4v) is 4.18. The number of oxazole rings is 1. The fourth-order valence-electron chi connectivity index (χ4n) is 4.05. The van der Waals surface area contributed by atoms with Crippen molar-refractivity contribution in [3.63, 3.8) is 0 Å². The molecule has 0 bridgehead atoms. The number of piperidine rings is 1. The van der Waals surface area contributed by atoms with Crippen LogP contribution in [0.15, 0.2) is 59.3 Å². The third-order valence-corrected chi connectivity index (χ3v) is 6.10. The molecule has 32 heavy (non-hydrogen) atoms. The molecule has 1 amide bonds. The molecule has 2 aromatic heterocycles. The van der Waals surface area contributed by atoms with E-state index in [2.05, 4.69) is 4.98 Å². The van der Waals surface area contributed by atoms with Crippen LogP contribution in [0.1, 0.15) is 25.0 Å². The zero-order chi connectivity index (χ0) is 22.1. The van der Waals surface area contributed by atoms with Crippen molar-refractivity contribution in [3.05, 3.63) is 65.6 Å². The summed E-state index contributed by atoms with van der Waals surface area (Å²) in [4.78, 5) is 23.7. The molecule has 1 N–H and O–H groups in total. The lowest BCUT2D eigenvalue weighted by Crippen LogP contribution is -2.40. The van der Waals surface area contributed by atoms with Crippen LogP contribution in [-0.2, 0) is 11.2 Å². The molecule has 1 aliphatic heterocycles. The number of amides is 1. The van der Waals surface area contributed by atoms with E-state index in [-0.39, 0.29) is 12.0 Å². The SMILES string of the molecule is O=C(CCc1oc(-n2cnc3ccccc32)nc1-c1ccc(Cl)cc1)N1CCC(O)CC1. The Morgan fingerprint density at radius 1 is 1.12 bits per heavy atom. The van der Waals surface area contributed by atoms with Gasteiger partial charge in [0.15, 0.2) is 0 Å². The number of nitrogens with zero attached hydrogens (tertiary/aromatic N) is 4. The van der Waals surface area contributed by atoms with Gasteiger partial charge in [0.2, 0.25) is 5.91 Å². The summed E-state index contributed by atoms with van der Waals surface area (Å²) in [7, 11) is 0. The number of carbonyl (C=O) groups excluding carboxylic acids is 1. The Morgan fingerprint density at radius 2 is 1.88 bits per heavy atom. The number of aromatic nitrogens is 3. The van der Waals surface area contributed by atoms with Gasteiger partial charge in [-0.3, -0.25) is 9.36 Å². The summed E-state index contributed by atoms with van der Waals surface area (Å²) in [6, 6.07) is 15.6. The van der Waals surface area contributed by atoms with Gasteiger partial charge in [0.05, 0.1) is 17.1 Å². The Morgan fingerprint density at radius 3 is 2.66 bits per heavy atom. The van der Waals surface area contributed by atoms with Crippen molar-refractivity contribution in [2.45, 2.75) is 31.8 Å². The highest BCUT2D eigenvalue weighted by Crippen LogP contribution is 2.29. The first kappa shape index (κ1) is 20.7. The van der Waals surface area contributed by atoms with Crippen LogP contribution in [0.3, 0.4) is 0 Å². The highest BCUT2D eigenvalue weighted by Gasteiger charge is 2.23. The van der Waals surface area contributed by atoms with Gasteiger partial charge < -0.3 is 14.4 Å². The zero-order valence-corrected chi connectivity index (χ0v) is 18.2. The topological polar surface area (TPSA) is 84.4 Å². The molecule has 8 heteroatoms. The largest absolute Gasteiger partial charge is 0.427 e. The quantitative estimate of drug-likeness (QED) is 0.491. The minimum Gasteiger partial charge on any atom is -0.427 e. The van der Waals surface area contributed by atoms with E-state index in [0.29, 0.717) is 61.3 Å². The molecule has 1 saturated heterocycles. The molecule has 0 radical (unpaired) electrons. The number of aryl methyl sites for hydroxylation is 1. The molecule has 3 heterocycles. The Kier molecular flexibility index (Phi) is 5.68. The Bertz CT molecular complexity index is 1240. The molecule has 0 saturated carbocycles. The third kappa shape index (κ3) is 4.13. The number of benzene rings is 2. The van der Waals surface area contributed by atoms with Crippen LogP contribution in [0.5, 0.6) is 0 Å². The second-order valence-corrected chi connectivity index (χ2v) is 8.43. The average molecular weight is 451 g/mol. The molecular formula is C24H23ClN4O3. The molecule has 0 spiro atoms. The number of hydrogen-bond donors (Lipinski definition) is 1. The van der Waals surface area contributed by atoms with Gasteiger partial charge in [0, 0.05) is 36.5 Å². The molecule has 2 aromatic carbocycles. The number of aliphatic hydroxyl groups is 1.